The normalized spacial score (nSPS) is 10.3. The van der Waals surface area contributed by atoms with Gasteiger partial charge < -0.3 is 9.73 Å². The highest BCUT2D eigenvalue weighted by molar-refractivity contribution is 14.1. The highest BCUT2D eigenvalue weighted by atomic mass is 127. The van der Waals surface area contributed by atoms with Crippen LogP contribution in [0.3, 0.4) is 0 Å². The minimum absolute atomic E-state index is 0.670. The van der Waals surface area contributed by atoms with E-state index >= 15 is 0 Å². The van der Waals surface area contributed by atoms with Crippen LogP contribution in [-0.4, -0.2) is 0 Å². The molecule has 0 aliphatic heterocycles. The average Bonchev–Trinajstić information content (AvgIpc) is 2.73. The van der Waals surface area contributed by atoms with Crippen LogP contribution in [0.1, 0.15) is 5.76 Å². The van der Waals surface area contributed by atoms with Crippen molar-refractivity contribution in [3.8, 4) is 0 Å². The second kappa shape index (κ2) is 4.90. The molecule has 0 aliphatic rings. The van der Waals surface area contributed by atoms with Crippen molar-refractivity contribution >= 4 is 39.9 Å². The molecule has 2 aromatic rings. The molecule has 0 fully saturated rings. The van der Waals surface area contributed by atoms with Crippen LogP contribution < -0.4 is 5.32 Å². The summed E-state index contributed by atoms with van der Waals surface area (Å²) in [6.07, 6.45) is 1.67. The summed E-state index contributed by atoms with van der Waals surface area (Å²) in [6.45, 7) is 0.670. The lowest BCUT2D eigenvalue weighted by Gasteiger charge is -2.07. The molecule has 0 spiro atoms. The Hall–Kier alpha value is -0.680. The van der Waals surface area contributed by atoms with Crippen molar-refractivity contribution < 1.29 is 4.42 Å². The number of furan rings is 1. The summed E-state index contributed by atoms with van der Waals surface area (Å²) in [5.74, 6) is 0.908. The fraction of sp³-hybridized carbons (Fsp3) is 0.0909. The maximum absolute atomic E-state index is 6.00. The number of hydrogen-bond donors (Lipinski definition) is 1. The topological polar surface area (TPSA) is 25.2 Å². The first-order valence-electron chi connectivity index (χ1n) is 4.47. The van der Waals surface area contributed by atoms with Crippen molar-refractivity contribution in [3.05, 3.63) is 50.9 Å². The Morgan fingerprint density at radius 1 is 1.27 bits per heavy atom. The van der Waals surface area contributed by atoms with Gasteiger partial charge in [0.05, 0.1) is 21.4 Å². The van der Waals surface area contributed by atoms with Gasteiger partial charge in [0.2, 0.25) is 0 Å². The van der Waals surface area contributed by atoms with Crippen LogP contribution in [0, 0.1) is 3.57 Å². The Kier molecular flexibility index (Phi) is 3.53. The van der Waals surface area contributed by atoms with Gasteiger partial charge in [-0.1, -0.05) is 17.7 Å². The van der Waals surface area contributed by atoms with Crippen LogP contribution in [0.15, 0.2) is 41.0 Å². The van der Waals surface area contributed by atoms with E-state index < -0.39 is 0 Å². The lowest BCUT2D eigenvalue weighted by molar-refractivity contribution is 0.518. The van der Waals surface area contributed by atoms with Crippen molar-refractivity contribution in [2.45, 2.75) is 6.54 Å². The van der Waals surface area contributed by atoms with Gasteiger partial charge in [-0.05, 0) is 46.9 Å². The van der Waals surface area contributed by atoms with Gasteiger partial charge in [-0.15, -0.1) is 0 Å². The van der Waals surface area contributed by atoms with Crippen LogP contribution in [-0.2, 0) is 6.54 Å². The lowest BCUT2D eigenvalue weighted by atomic mass is 10.3. The van der Waals surface area contributed by atoms with E-state index in [2.05, 4.69) is 27.9 Å². The largest absolute Gasteiger partial charge is 0.467 e. The second-order valence-corrected chi connectivity index (χ2v) is 4.52. The molecular formula is C11H9ClINO. The molecule has 0 aliphatic carbocycles. The van der Waals surface area contributed by atoms with E-state index in [0.29, 0.717) is 6.54 Å². The number of benzene rings is 1. The van der Waals surface area contributed by atoms with Crippen molar-refractivity contribution in [1.82, 2.24) is 0 Å². The predicted octanol–water partition coefficient (Wildman–Crippen LogP) is 4.15. The summed E-state index contributed by atoms with van der Waals surface area (Å²) in [5.41, 5.74) is 1.03. The molecule has 78 valence electrons. The van der Waals surface area contributed by atoms with Crippen LogP contribution in [0.5, 0.6) is 0 Å². The molecule has 1 N–H and O–H groups in total. The highest BCUT2D eigenvalue weighted by Crippen LogP contribution is 2.26. The van der Waals surface area contributed by atoms with E-state index in [1.165, 1.54) is 0 Å². The Balaban J connectivity index is 2.08. The Bertz CT molecular complexity index is 442. The van der Waals surface area contributed by atoms with E-state index in [1.807, 2.05) is 30.3 Å². The predicted molar refractivity (Wildman–Crippen MR) is 70.2 cm³/mol. The number of anilines is 1. The minimum atomic E-state index is 0.670. The van der Waals surface area contributed by atoms with Crippen LogP contribution in [0.2, 0.25) is 5.02 Å². The summed E-state index contributed by atoms with van der Waals surface area (Å²) >= 11 is 8.22. The maximum Gasteiger partial charge on any atom is 0.122 e. The summed E-state index contributed by atoms with van der Waals surface area (Å²) in [4.78, 5) is 0. The van der Waals surface area contributed by atoms with Gasteiger partial charge in [0.15, 0.2) is 0 Å². The zero-order chi connectivity index (χ0) is 10.7. The van der Waals surface area contributed by atoms with E-state index in [0.717, 1.165) is 20.0 Å². The highest BCUT2D eigenvalue weighted by Gasteiger charge is 2.03. The first-order valence-corrected chi connectivity index (χ1v) is 5.93. The molecule has 15 heavy (non-hydrogen) atoms. The zero-order valence-corrected chi connectivity index (χ0v) is 10.7. The van der Waals surface area contributed by atoms with Crippen molar-refractivity contribution in [3.63, 3.8) is 0 Å². The number of nitrogens with one attached hydrogen (secondary N) is 1. The second-order valence-electron chi connectivity index (χ2n) is 3.03. The van der Waals surface area contributed by atoms with Gasteiger partial charge in [-0.25, -0.2) is 0 Å². The number of rotatable bonds is 3. The number of halogens is 2. The molecule has 0 radical (unpaired) electrons. The monoisotopic (exact) mass is 333 g/mol. The Labute approximate surface area is 107 Å². The van der Waals surface area contributed by atoms with E-state index in [4.69, 9.17) is 16.0 Å². The van der Waals surface area contributed by atoms with E-state index in [-0.39, 0.29) is 0 Å². The summed E-state index contributed by atoms with van der Waals surface area (Å²) < 4.78 is 6.26. The van der Waals surface area contributed by atoms with Crippen LogP contribution >= 0.6 is 34.2 Å². The molecule has 0 unspecified atom stereocenters. The Morgan fingerprint density at radius 2 is 2.13 bits per heavy atom. The van der Waals surface area contributed by atoms with E-state index in [1.54, 1.807) is 6.26 Å². The fourth-order valence-electron chi connectivity index (χ4n) is 1.24. The van der Waals surface area contributed by atoms with Crippen molar-refractivity contribution in [1.29, 1.82) is 0 Å². The maximum atomic E-state index is 6.00. The molecule has 2 rings (SSSR count). The van der Waals surface area contributed by atoms with Crippen molar-refractivity contribution in [2.24, 2.45) is 0 Å². The van der Waals surface area contributed by atoms with Gasteiger partial charge in [-0.2, -0.15) is 0 Å². The van der Waals surface area contributed by atoms with Gasteiger partial charge >= 0.3 is 0 Å². The summed E-state index contributed by atoms with van der Waals surface area (Å²) in [5, 5.41) is 4.03. The number of hydrogen-bond acceptors (Lipinski definition) is 2. The third-order valence-electron chi connectivity index (χ3n) is 1.98. The lowest BCUT2D eigenvalue weighted by Crippen LogP contribution is -1.99. The molecule has 1 aromatic carbocycles. The average molecular weight is 334 g/mol. The molecule has 4 heteroatoms. The van der Waals surface area contributed by atoms with Gasteiger partial charge in [0, 0.05) is 5.69 Å². The Morgan fingerprint density at radius 3 is 2.87 bits per heavy atom. The standard InChI is InChI=1S/C11H9ClINO/c12-9-4-1-5-10(11(9)13)14-7-8-3-2-6-15-8/h1-6,14H,7H2. The zero-order valence-electron chi connectivity index (χ0n) is 7.84. The molecular weight excluding hydrogens is 324 g/mol. The van der Waals surface area contributed by atoms with Gasteiger partial charge in [0.25, 0.3) is 0 Å². The van der Waals surface area contributed by atoms with Crippen LogP contribution in [0.4, 0.5) is 5.69 Å². The molecule has 2 nitrogen and oxygen atoms in total. The molecule has 1 heterocycles. The molecule has 1 aromatic heterocycles. The first kappa shape index (κ1) is 10.8. The first-order chi connectivity index (χ1) is 7.27. The summed E-state index contributed by atoms with van der Waals surface area (Å²) in [6, 6.07) is 9.61. The SMILES string of the molecule is Clc1cccc(NCc2ccco2)c1I. The minimum Gasteiger partial charge on any atom is -0.467 e. The van der Waals surface area contributed by atoms with Gasteiger partial charge in [0.1, 0.15) is 5.76 Å². The molecule has 0 saturated heterocycles. The molecule has 0 bridgehead atoms. The smallest absolute Gasteiger partial charge is 0.122 e. The molecule has 0 saturated carbocycles. The molecule has 0 amide bonds. The molecule has 0 atom stereocenters. The fourth-order valence-corrected chi connectivity index (χ4v) is 1.96. The third-order valence-corrected chi connectivity index (χ3v) is 3.78. The van der Waals surface area contributed by atoms with E-state index in [9.17, 15) is 0 Å². The van der Waals surface area contributed by atoms with Crippen molar-refractivity contribution in [2.75, 3.05) is 5.32 Å². The quantitative estimate of drug-likeness (QED) is 0.854. The van der Waals surface area contributed by atoms with Gasteiger partial charge in [-0.3, -0.25) is 0 Å². The summed E-state index contributed by atoms with van der Waals surface area (Å²) in [7, 11) is 0. The third kappa shape index (κ3) is 2.66. The van der Waals surface area contributed by atoms with Crippen LogP contribution in [0.25, 0.3) is 0 Å².